The first kappa shape index (κ1) is 9.90. The van der Waals surface area contributed by atoms with Gasteiger partial charge in [-0.25, -0.2) is 0 Å². The second-order valence-corrected chi connectivity index (χ2v) is 10.6. The van der Waals surface area contributed by atoms with Gasteiger partial charge in [-0.1, -0.05) is 13.8 Å². The van der Waals surface area contributed by atoms with Gasteiger partial charge < -0.3 is 0 Å². The second kappa shape index (κ2) is 2.46. The molecule has 0 spiro atoms. The monoisotopic (exact) mass is 266 g/mol. The summed E-state index contributed by atoms with van der Waals surface area (Å²) in [5.74, 6) is 19.9. The molecule has 0 aromatic carbocycles. The van der Waals surface area contributed by atoms with Crippen LogP contribution >= 0.6 is 0 Å². The predicted octanol–water partition coefficient (Wildman–Crippen LogP) is 3.77. The highest BCUT2D eigenvalue weighted by atomic mass is 14.9. The first-order chi connectivity index (χ1) is 9.80. The van der Waals surface area contributed by atoms with Gasteiger partial charge in [0.15, 0.2) is 0 Å². The lowest BCUT2D eigenvalue weighted by molar-refractivity contribution is -0.475. The van der Waals surface area contributed by atoms with Gasteiger partial charge in [-0.2, -0.15) is 0 Å². The van der Waals surface area contributed by atoms with Gasteiger partial charge in [0.1, 0.15) is 0 Å². The average molecular weight is 266 g/mol. The van der Waals surface area contributed by atoms with Gasteiger partial charge in [-0.3, -0.25) is 0 Å². The molecule has 16 unspecified atom stereocenters. The predicted molar refractivity (Wildman–Crippen MR) is 76.4 cm³/mol. The minimum absolute atomic E-state index is 1.09. The first-order valence-corrected chi connectivity index (χ1v) is 9.80. The molecule has 0 bridgehead atoms. The van der Waals surface area contributed by atoms with Crippen molar-refractivity contribution >= 4 is 0 Å². The third-order valence-electron chi connectivity index (χ3n) is 11.5. The molecule has 0 amide bonds. The van der Waals surface area contributed by atoms with Crippen LogP contribution in [0.25, 0.3) is 0 Å². The topological polar surface area (TPSA) is 0 Å². The van der Waals surface area contributed by atoms with Crippen molar-refractivity contribution in [3.05, 3.63) is 0 Å². The van der Waals surface area contributed by atoms with E-state index in [2.05, 4.69) is 13.8 Å². The summed E-state index contributed by atoms with van der Waals surface area (Å²) in [5, 5.41) is 0. The van der Waals surface area contributed by atoms with Gasteiger partial charge in [0.05, 0.1) is 0 Å². The van der Waals surface area contributed by atoms with E-state index in [1.54, 1.807) is 12.8 Å². The largest absolute Gasteiger partial charge is 0.0620 e. The standard InChI is InChI=1S/C20H26/c1-5-6(2)10-9(5)13-14(10)18-17(13)19-15-11-7-3-4-8(7)12(11)16(15)20(18)19/h5-20H,3-4H2,1-2H3. The highest BCUT2D eigenvalue weighted by Crippen LogP contribution is 2.93. The molecule has 8 aliphatic rings. The molecule has 0 N–H and O–H groups in total. The number of hydrogen-bond donors (Lipinski definition) is 0. The molecule has 0 aromatic heterocycles. The Balaban J connectivity index is 1.13. The average Bonchev–Trinajstić information content (AvgIpc) is 2.38. The summed E-state index contributed by atoms with van der Waals surface area (Å²) in [4.78, 5) is 0. The summed E-state index contributed by atoms with van der Waals surface area (Å²) < 4.78 is 0. The lowest BCUT2D eigenvalue weighted by atomic mass is 9.10. The van der Waals surface area contributed by atoms with Gasteiger partial charge in [-0.05, 0) is 108 Å². The smallest absolute Gasteiger partial charge is 0.0312 e. The minimum Gasteiger partial charge on any atom is -0.0620 e. The summed E-state index contributed by atoms with van der Waals surface area (Å²) in [7, 11) is 0. The fourth-order valence-corrected chi connectivity index (χ4v) is 10.9. The Kier molecular flexibility index (Phi) is 1.22. The highest BCUT2D eigenvalue weighted by Gasteiger charge is 2.89. The third kappa shape index (κ3) is 0.601. The van der Waals surface area contributed by atoms with Gasteiger partial charge in [0.25, 0.3) is 0 Å². The Morgan fingerprint density at radius 3 is 1.05 bits per heavy atom. The molecule has 16 atom stereocenters. The van der Waals surface area contributed by atoms with Gasteiger partial charge >= 0.3 is 0 Å². The molecular weight excluding hydrogens is 240 g/mol. The summed E-state index contributed by atoms with van der Waals surface area (Å²) in [6, 6.07) is 0. The summed E-state index contributed by atoms with van der Waals surface area (Å²) >= 11 is 0. The fraction of sp³-hybridized carbons (Fsp3) is 1.00. The van der Waals surface area contributed by atoms with Crippen LogP contribution in [0.3, 0.4) is 0 Å². The van der Waals surface area contributed by atoms with Crippen LogP contribution in [0.2, 0.25) is 0 Å². The zero-order valence-corrected chi connectivity index (χ0v) is 12.7. The van der Waals surface area contributed by atoms with Crippen molar-refractivity contribution in [2.75, 3.05) is 0 Å². The lowest BCUT2D eigenvalue weighted by Crippen LogP contribution is -2.91. The van der Waals surface area contributed by atoms with Crippen molar-refractivity contribution in [3.63, 3.8) is 0 Å². The Morgan fingerprint density at radius 1 is 0.400 bits per heavy atom. The Hall–Kier alpha value is 0. The summed E-state index contributed by atoms with van der Waals surface area (Å²) in [5.41, 5.74) is 0. The van der Waals surface area contributed by atoms with Crippen molar-refractivity contribution in [1.29, 1.82) is 0 Å². The van der Waals surface area contributed by atoms with Crippen LogP contribution in [0.15, 0.2) is 0 Å². The fourth-order valence-electron chi connectivity index (χ4n) is 10.9. The van der Waals surface area contributed by atoms with Crippen molar-refractivity contribution in [2.24, 2.45) is 94.7 Å². The van der Waals surface area contributed by atoms with E-state index in [4.69, 9.17) is 0 Å². The normalized spacial score (nSPS) is 89.1. The van der Waals surface area contributed by atoms with E-state index in [0.717, 1.165) is 11.8 Å². The Morgan fingerprint density at radius 2 is 0.700 bits per heavy atom. The van der Waals surface area contributed by atoms with Crippen LogP contribution in [0.4, 0.5) is 0 Å². The maximum atomic E-state index is 2.57. The first-order valence-electron chi connectivity index (χ1n) is 9.80. The highest BCUT2D eigenvalue weighted by molar-refractivity contribution is 5.36. The molecule has 0 saturated heterocycles. The molecule has 0 heteroatoms. The second-order valence-electron chi connectivity index (χ2n) is 10.6. The van der Waals surface area contributed by atoms with Crippen molar-refractivity contribution in [1.82, 2.24) is 0 Å². The van der Waals surface area contributed by atoms with Crippen LogP contribution in [0.5, 0.6) is 0 Å². The number of fused-ring (bicyclic) bond motifs is 19. The van der Waals surface area contributed by atoms with Crippen LogP contribution in [-0.4, -0.2) is 0 Å². The summed E-state index contributed by atoms with van der Waals surface area (Å²) in [6.07, 6.45) is 3.26. The van der Waals surface area contributed by atoms with E-state index in [-0.39, 0.29) is 0 Å². The van der Waals surface area contributed by atoms with E-state index in [9.17, 15) is 0 Å². The molecule has 0 heterocycles. The van der Waals surface area contributed by atoms with Gasteiger partial charge in [0.2, 0.25) is 0 Å². The molecule has 20 heavy (non-hydrogen) atoms. The van der Waals surface area contributed by atoms with E-state index >= 15 is 0 Å². The molecular formula is C20H26. The van der Waals surface area contributed by atoms with E-state index < -0.39 is 0 Å². The Bertz CT molecular complexity index is 466. The van der Waals surface area contributed by atoms with Crippen LogP contribution in [-0.2, 0) is 0 Å². The zero-order chi connectivity index (χ0) is 12.7. The van der Waals surface area contributed by atoms with Gasteiger partial charge in [0, 0.05) is 0 Å². The molecule has 8 fully saturated rings. The SMILES string of the molecule is CC1C(C)C2C1C1C2C2C1C1C3C4C5CCC5C4C3C21. The lowest BCUT2D eigenvalue weighted by Gasteiger charge is -2.94. The molecule has 8 rings (SSSR count). The van der Waals surface area contributed by atoms with Crippen molar-refractivity contribution in [3.8, 4) is 0 Å². The molecule has 8 saturated carbocycles. The summed E-state index contributed by atoms with van der Waals surface area (Å²) in [6.45, 7) is 5.14. The number of hydrogen-bond acceptors (Lipinski definition) is 0. The van der Waals surface area contributed by atoms with E-state index in [1.165, 1.54) is 82.9 Å². The Labute approximate surface area is 122 Å². The van der Waals surface area contributed by atoms with Crippen molar-refractivity contribution in [2.45, 2.75) is 26.7 Å². The van der Waals surface area contributed by atoms with Crippen LogP contribution in [0.1, 0.15) is 26.7 Å². The maximum Gasteiger partial charge on any atom is -0.0312 e. The molecule has 0 aliphatic heterocycles. The quantitative estimate of drug-likeness (QED) is 0.585. The molecule has 106 valence electrons. The van der Waals surface area contributed by atoms with Gasteiger partial charge in [-0.15, -0.1) is 0 Å². The van der Waals surface area contributed by atoms with Crippen LogP contribution < -0.4 is 0 Å². The third-order valence-corrected chi connectivity index (χ3v) is 11.5. The van der Waals surface area contributed by atoms with E-state index in [0.29, 0.717) is 0 Å². The molecule has 0 aromatic rings. The van der Waals surface area contributed by atoms with Crippen molar-refractivity contribution < 1.29 is 0 Å². The molecule has 0 radical (unpaired) electrons. The maximum absolute atomic E-state index is 2.57. The molecule has 0 nitrogen and oxygen atoms in total. The minimum atomic E-state index is 1.09. The van der Waals surface area contributed by atoms with Crippen LogP contribution in [0, 0.1) is 94.7 Å². The van der Waals surface area contributed by atoms with E-state index in [1.807, 2.05) is 0 Å². The molecule has 8 aliphatic carbocycles. The zero-order valence-electron chi connectivity index (χ0n) is 12.7. The number of rotatable bonds is 0.